The SMILES string of the molecule is Cc1ccc2c(c1-c1ccccn1)CC(C1CCCCC1)C2=O. The lowest BCUT2D eigenvalue weighted by molar-refractivity contribution is 0.0869. The number of rotatable bonds is 2. The Bertz CT molecular complexity index is 729. The van der Waals surface area contributed by atoms with Gasteiger partial charge in [-0.05, 0) is 55.4 Å². The van der Waals surface area contributed by atoms with E-state index in [9.17, 15) is 4.79 Å². The number of carbonyl (C=O) groups is 1. The quantitative estimate of drug-likeness (QED) is 0.782. The van der Waals surface area contributed by atoms with Crippen LogP contribution in [0.15, 0.2) is 36.5 Å². The lowest BCUT2D eigenvalue weighted by Gasteiger charge is -2.26. The van der Waals surface area contributed by atoms with Crippen molar-refractivity contribution in [1.29, 1.82) is 0 Å². The summed E-state index contributed by atoms with van der Waals surface area (Å²) >= 11 is 0. The summed E-state index contributed by atoms with van der Waals surface area (Å²) in [5.74, 6) is 1.17. The number of hydrogen-bond acceptors (Lipinski definition) is 2. The first-order valence-corrected chi connectivity index (χ1v) is 8.84. The van der Waals surface area contributed by atoms with Gasteiger partial charge in [0, 0.05) is 23.2 Å². The van der Waals surface area contributed by atoms with Gasteiger partial charge >= 0.3 is 0 Å². The van der Waals surface area contributed by atoms with Crippen LogP contribution in [0.4, 0.5) is 0 Å². The molecule has 118 valence electrons. The molecular weight excluding hydrogens is 282 g/mol. The molecule has 0 bridgehead atoms. The van der Waals surface area contributed by atoms with Gasteiger partial charge in [-0.25, -0.2) is 0 Å². The zero-order valence-electron chi connectivity index (χ0n) is 13.7. The van der Waals surface area contributed by atoms with E-state index in [0.717, 1.165) is 17.7 Å². The fourth-order valence-electron chi connectivity index (χ4n) is 4.50. The number of Topliss-reactive ketones (excluding diaryl/α,β-unsaturated/α-hetero) is 1. The Morgan fingerprint density at radius 1 is 1.04 bits per heavy atom. The fourth-order valence-corrected chi connectivity index (χ4v) is 4.50. The van der Waals surface area contributed by atoms with E-state index in [-0.39, 0.29) is 5.92 Å². The molecule has 1 saturated carbocycles. The molecular formula is C21H23NO. The maximum Gasteiger partial charge on any atom is 0.166 e. The van der Waals surface area contributed by atoms with Gasteiger partial charge in [0.1, 0.15) is 0 Å². The molecule has 2 aliphatic carbocycles. The third-order valence-electron chi connectivity index (χ3n) is 5.69. The zero-order chi connectivity index (χ0) is 15.8. The van der Waals surface area contributed by atoms with Crippen LogP contribution in [0.5, 0.6) is 0 Å². The van der Waals surface area contributed by atoms with Crippen LogP contribution >= 0.6 is 0 Å². The highest BCUT2D eigenvalue weighted by molar-refractivity contribution is 6.04. The maximum atomic E-state index is 13.0. The summed E-state index contributed by atoms with van der Waals surface area (Å²) in [7, 11) is 0. The minimum Gasteiger partial charge on any atom is -0.294 e. The van der Waals surface area contributed by atoms with Crippen molar-refractivity contribution >= 4 is 5.78 Å². The molecule has 0 aliphatic heterocycles. The van der Waals surface area contributed by atoms with Crippen LogP contribution in [0.1, 0.15) is 53.6 Å². The second kappa shape index (κ2) is 5.92. The monoisotopic (exact) mass is 305 g/mol. The summed E-state index contributed by atoms with van der Waals surface area (Å²) in [6, 6.07) is 10.2. The molecule has 1 atom stereocenters. The van der Waals surface area contributed by atoms with E-state index in [1.807, 2.05) is 24.4 Å². The summed E-state index contributed by atoms with van der Waals surface area (Å²) in [5.41, 5.74) is 5.60. The van der Waals surface area contributed by atoms with Crippen molar-refractivity contribution in [3.63, 3.8) is 0 Å². The lowest BCUT2D eigenvalue weighted by atomic mass is 9.78. The molecule has 2 heteroatoms. The normalized spacial score (nSPS) is 21.4. The molecule has 0 amide bonds. The standard InChI is InChI=1S/C21H23NO/c1-14-10-11-16-18(20(14)19-9-5-6-12-22-19)13-17(21(16)23)15-7-3-2-4-8-15/h5-6,9-12,15,17H,2-4,7-8,13H2,1H3. The smallest absolute Gasteiger partial charge is 0.166 e. The average Bonchev–Trinajstić information content (AvgIpc) is 2.93. The van der Waals surface area contributed by atoms with Gasteiger partial charge in [0.2, 0.25) is 0 Å². The Balaban J connectivity index is 1.76. The number of aromatic nitrogens is 1. The van der Waals surface area contributed by atoms with Crippen LogP contribution in [-0.2, 0) is 6.42 Å². The van der Waals surface area contributed by atoms with E-state index in [4.69, 9.17) is 0 Å². The molecule has 4 rings (SSSR count). The largest absolute Gasteiger partial charge is 0.294 e. The molecule has 0 radical (unpaired) electrons. The molecule has 1 heterocycles. The van der Waals surface area contributed by atoms with Gasteiger partial charge in [-0.1, -0.05) is 37.5 Å². The number of nitrogens with zero attached hydrogens (tertiary/aromatic N) is 1. The van der Waals surface area contributed by atoms with E-state index < -0.39 is 0 Å². The molecule has 2 nitrogen and oxygen atoms in total. The van der Waals surface area contributed by atoms with Crippen LogP contribution in [0, 0.1) is 18.8 Å². The van der Waals surface area contributed by atoms with Gasteiger partial charge in [-0.2, -0.15) is 0 Å². The third kappa shape index (κ3) is 2.50. The average molecular weight is 305 g/mol. The molecule has 23 heavy (non-hydrogen) atoms. The molecule has 1 aromatic heterocycles. The highest BCUT2D eigenvalue weighted by atomic mass is 16.1. The number of ketones is 1. The van der Waals surface area contributed by atoms with E-state index in [1.165, 1.54) is 48.8 Å². The predicted octanol–water partition coefficient (Wildman–Crippen LogP) is 4.99. The van der Waals surface area contributed by atoms with Crippen LogP contribution in [0.3, 0.4) is 0 Å². The van der Waals surface area contributed by atoms with Crippen molar-refractivity contribution < 1.29 is 4.79 Å². The number of aryl methyl sites for hydroxylation is 1. The van der Waals surface area contributed by atoms with Gasteiger partial charge in [0.15, 0.2) is 5.78 Å². The van der Waals surface area contributed by atoms with Crippen LogP contribution in [0.2, 0.25) is 0 Å². The summed E-state index contributed by atoms with van der Waals surface area (Å²) in [6.45, 7) is 2.13. The van der Waals surface area contributed by atoms with Crippen LogP contribution < -0.4 is 0 Å². The summed E-state index contributed by atoms with van der Waals surface area (Å²) in [4.78, 5) is 17.5. The molecule has 1 unspecified atom stereocenters. The molecule has 0 N–H and O–H groups in total. The van der Waals surface area contributed by atoms with Gasteiger partial charge in [0.05, 0.1) is 5.69 Å². The van der Waals surface area contributed by atoms with E-state index in [2.05, 4.69) is 24.0 Å². The second-order valence-corrected chi connectivity index (χ2v) is 7.07. The molecule has 2 aliphatic rings. The Morgan fingerprint density at radius 2 is 1.87 bits per heavy atom. The summed E-state index contributed by atoms with van der Waals surface area (Å²) in [5, 5.41) is 0. The number of fused-ring (bicyclic) bond motifs is 1. The zero-order valence-corrected chi connectivity index (χ0v) is 13.7. The molecule has 0 spiro atoms. The minimum atomic E-state index is 0.203. The summed E-state index contributed by atoms with van der Waals surface area (Å²) < 4.78 is 0. The van der Waals surface area contributed by atoms with Gasteiger partial charge in [-0.15, -0.1) is 0 Å². The first-order chi connectivity index (χ1) is 11.3. The Kier molecular flexibility index (Phi) is 3.76. The van der Waals surface area contributed by atoms with Crippen molar-refractivity contribution in [2.45, 2.75) is 45.4 Å². The van der Waals surface area contributed by atoms with Crippen molar-refractivity contribution in [2.75, 3.05) is 0 Å². The van der Waals surface area contributed by atoms with E-state index in [1.54, 1.807) is 0 Å². The number of carbonyl (C=O) groups excluding carboxylic acids is 1. The fraction of sp³-hybridized carbons (Fsp3) is 0.429. The highest BCUT2D eigenvalue weighted by Crippen LogP contribution is 2.42. The van der Waals surface area contributed by atoms with E-state index >= 15 is 0 Å². The van der Waals surface area contributed by atoms with Crippen molar-refractivity contribution in [3.8, 4) is 11.3 Å². The minimum absolute atomic E-state index is 0.203. The van der Waals surface area contributed by atoms with E-state index in [0.29, 0.717) is 11.7 Å². The second-order valence-electron chi connectivity index (χ2n) is 7.07. The maximum absolute atomic E-state index is 13.0. The van der Waals surface area contributed by atoms with Crippen molar-refractivity contribution in [2.24, 2.45) is 11.8 Å². The molecule has 2 aromatic rings. The van der Waals surface area contributed by atoms with Gasteiger partial charge < -0.3 is 0 Å². The number of benzene rings is 1. The topological polar surface area (TPSA) is 30.0 Å². The van der Waals surface area contributed by atoms with Gasteiger partial charge in [-0.3, -0.25) is 9.78 Å². The van der Waals surface area contributed by atoms with Gasteiger partial charge in [0.25, 0.3) is 0 Å². The Labute approximate surface area is 138 Å². The Morgan fingerprint density at radius 3 is 2.61 bits per heavy atom. The van der Waals surface area contributed by atoms with Crippen LogP contribution in [-0.4, -0.2) is 10.8 Å². The van der Waals surface area contributed by atoms with Crippen LogP contribution in [0.25, 0.3) is 11.3 Å². The molecule has 1 fully saturated rings. The first kappa shape index (κ1) is 14.6. The highest BCUT2D eigenvalue weighted by Gasteiger charge is 2.38. The third-order valence-corrected chi connectivity index (χ3v) is 5.69. The number of hydrogen-bond donors (Lipinski definition) is 0. The summed E-state index contributed by atoms with van der Waals surface area (Å²) in [6.07, 6.45) is 9.11. The van der Waals surface area contributed by atoms with Crippen molar-refractivity contribution in [3.05, 3.63) is 53.2 Å². The predicted molar refractivity (Wildman–Crippen MR) is 92.5 cm³/mol. The Hall–Kier alpha value is -1.96. The molecule has 1 aromatic carbocycles. The molecule has 0 saturated heterocycles. The lowest BCUT2D eigenvalue weighted by Crippen LogP contribution is -2.22. The van der Waals surface area contributed by atoms with Crippen molar-refractivity contribution in [1.82, 2.24) is 4.98 Å². The number of pyridine rings is 1. The first-order valence-electron chi connectivity index (χ1n) is 8.84.